The van der Waals surface area contributed by atoms with Crippen LogP contribution in [0.1, 0.15) is 40.5 Å². The summed E-state index contributed by atoms with van der Waals surface area (Å²) in [7, 11) is 1.21. The lowest BCUT2D eigenvalue weighted by Crippen LogP contribution is -2.42. The van der Waals surface area contributed by atoms with E-state index in [0.717, 1.165) is 4.90 Å². The van der Waals surface area contributed by atoms with Gasteiger partial charge in [-0.25, -0.2) is 4.98 Å². The summed E-state index contributed by atoms with van der Waals surface area (Å²) in [4.78, 5) is 31.6. The van der Waals surface area contributed by atoms with E-state index in [4.69, 9.17) is 0 Å². The molecule has 1 aromatic heterocycles. The van der Waals surface area contributed by atoms with Gasteiger partial charge in [-0.05, 0) is 55.7 Å². The van der Waals surface area contributed by atoms with Gasteiger partial charge in [-0.2, -0.15) is 31.4 Å². The monoisotopic (exact) mass is 523 g/mol. The number of likely N-dealkylation sites (N-methyl/N-ethyl adjacent to an activating group) is 1. The van der Waals surface area contributed by atoms with Crippen LogP contribution < -0.4 is 5.32 Å². The number of benzene rings is 1. The third-order valence-electron chi connectivity index (χ3n) is 6.07. The standard InChI is InChI=1S/C24H19F6N5O2/c1-11-12(2)33-34-22(31-11)32-20(36)18-16-6-4-5-7-17(16)21(37)35(3)19(18)13-8-14(23(25,26)27)10-15(9-13)24(28,29)30/h4-5,7-10,19H,6H2,1-3H3,(H,31,32,34,36). The second kappa shape index (κ2) is 9.12. The number of aromatic nitrogens is 3. The predicted molar refractivity (Wildman–Crippen MR) is 119 cm³/mol. The highest BCUT2D eigenvalue weighted by molar-refractivity contribution is 6.11. The van der Waals surface area contributed by atoms with Crippen LogP contribution in [0.3, 0.4) is 0 Å². The molecule has 1 N–H and O–H groups in total. The topological polar surface area (TPSA) is 88.1 Å². The van der Waals surface area contributed by atoms with E-state index in [9.17, 15) is 35.9 Å². The number of hydrogen-bond acceptors (Lipinski definition) is 5. The molecule has 194 valence electrons. The molecule has 7 nitrogen and oxygen atoms in total. The number of rotatable bonds is 3. The normalized spacial score (nSPS) is 18.1. The third kappa shape index (κ3) is 4.98. The molecule has 0 saturated heterocycles. The Morgan fingerprint density at radius 1 is 1.00 bits per heavy atom. The van der Waals surface area contributed by atoms with Gasteiger partial charge in [0.25, 0.3) is 11.8 Å². The number of nitrogens with zero attached hydrogens (tertiary/aromatic N) is 4. The first kappa shape index (κ1) is 26.0. The molecule has 1 unspecified atom stereocenters. The van der Waals surface area contributed by atoms with Crippen molar-refractivity contribution in [3.8, 4) is 0 Å². The van der Waals surface area contributed by atoms with Gasteiger partial charge in [0, 0.05) is 18.2 Å². The van der Waals surface area contributed by atoms with E-state index < -0.39 is 46.9 Å². The predicted octanol–water partition coefficient (Wildman–Crippen LogP) is 4.86. The van der Waals surface area contributed by atoms with Crippen LogP contribution in [-0.4, -0.2) is 38.9 Å². The molecule has 1 atom stereocenters. The van der Waals surface area contributed by atoms with Gasteiger partial charge >= 0.3 is 12.4 Å². The van der Waals surface area contributed by atoms with Crippen molar-refractivity contribution in [1.82, 2.24) is 20.1 Å². The highest BCUT2D eigenvalue weighted by Crippen LogP contribution is 2.44. The number of amides is 2. The second-order valence-electron chi connectivity index (χ2n) is 8.52. The Hall–Kier alpha value is -4.03. The van der Waals surface area contributed by atoms with Crippen LogP contribution in [0.4, 0.5) is 32.3 Å². The largest absolute Gasteiger partial charge is 0.416 e. The molecule has 0 saturated carbocycles. The number of aryl methyl sites for hydroxylation is 2. The van der Waals surface area contributed by atoms with E-state index in [0.29, 0.717) is 23.5 Å². The zero-order chi connectivity index (χ0) is 27.3. The minimum atomic E-state index is -5.11. The van der Waals surface area contributed by atoms with Crippen LogP contribution in [0.25, 0.3) is 0 Å². The number of alkyl halides is 6. The van der Waals surface area contributed by atoms with E-state index in [2.05, 4.69) is 20.5 Å². The Labute approximate surface area is 206 Å². The fourth-order valence-corrected chi connectivity index (χ4v) is 4.15. The van der Waals surface area contributed by atoms with Crippen molar-refractivity contribution < 1.29 is 35.9 Å². The minimum Gasteiger partial charge on any atom is -0.330 e. The molecular weight excluding hydrogens is 504 g/mol. The van der Waals surface area contributed by atoms with Gasteiger partial charge in [-0.1, -0.05) is 12.2 Å². The molecular formula is C24H19F6N5O2. The van der Waals surface area contributed by atoms with E-state index in [1.807, 2.05) is 0 Å². The van der Waals surface area contributed by atoms with Crippen molar-refractivity contribution in [1.29, 1.82) is 0 Å². The van der Waals surface area contributed by atoms with Gasteiger partial charge in [0.15, 0.2) is 0 Å². The number of carbonyl (C=O) groups is 2. The van der Waals surface area contributed by atoms with Crippen molar-refractivity contribution in [2.24, 2.45) is 0 Å². The number of fused-ring (bicyclic) bond motifs is 1. The number of allylic oxidation sites excluding steroid dienone is 3. The van der Waals surface area contributed by atoms with Crippen molar-refractivity contribution in [2.75, 3.05) is 12.4 Å². The van der Waals surface area contributed by atoms with E-state index in [1.54, 1.807) is 26.0 Å². The average molecular weight is 523 g/mol. The van der Waals surface area contributed by atoms with Gasteiger partial charge in [0.2, 0.25) is 5.95 Å². The lowest BCUT2D eigenvalue weighted by atomic mass is 9.81. The quantitative estimate of drug-likeness (QED) is 0.581. The van der Waals surface area contributed by atoms with Crippen LogP contribution in [0.2, 0.25) is 0 Å². The average Bonchev–Trinajstić information content (AvgIpc) is 2.82. The van der Waals surface area contributed by atoms with Crippen LogP contribution in [0, 0.1) is 13.8 Å². The maximum Gasteiger partial charge on any atom is 0.416 e. The summed E-state index contributed by atoms with van der Waals surface area (Å²) in [6.07, 6.45) is -5.54. The molecule has 2 amide bonds. The molecule has 4 rings (SSSR count). The summed E-state index contributed by atoms with van der Waals surface area (Å²) in [6.45, 7) is 3.26. The first-order valence-electron chi connectivity index (χ1n) is 10.8. The van der Waals surface area contributed by atoms with E-state index in [1.165, 1.54) is 13.1 Å². The molecule has 0 spiro atoms. The smallest absolute Gasteiger partial charge is 0.330 e. The van der Waals surface area contributed by atoms with E-state index in [-0.39, 0.29) is 35.2 Å². The van der Waals surface area contributed by atoms with Crippen molar-refractivity contribution >= 4 is 17.8 Å². The van der Waals surface area contributed by atoms with Gasteiger partial charge < -0.3 is 4.90 Å². The summed E-state index contributed by atoms with van der Waals surface area (Å²) in [5.41, 5.74) is -2.62. The molecule has 37 heavy (non-hydrogen) atoms. The van der Waals surface area contributed by atoms with Gasteiger partial charge in [-0.15, -0.1) is 5.10 Å². The minimum absolute atomic E-state index is 0.00962. The zero-order valence-corrected chi connectivity index (χ0v) is 19.6. The van der Waals surface area contributed by atoms with Crippen LogP contribution in [0.5, 0.6) is 0 Å². The second-order valence-corrected chi connectivity index (χ2v) is 8.52. The Kier molecular flexibility index (Phi) is 6.42. The lowest BCUT2D eigenvalue weighted by molar-refractivity contribution is -0.143. The molecule has 13 heteroatoms. The molecule has 2 aromatic rings. The number of anilines is 1. The van der Waals surface area contributed by atoms with E-state index >= 15 is 0 Å². The number of hydrogen-bond donors (Lipinski definition) is 1. The van der Waals surface area contributed by atoms with Crippen molar-refractivity contribution in [3.05, 3.63) is 81.2 Å². The maximum absolute atomic E-state index is 13.6. The summed E-state index contributed by atoms with van der Waals surface area (Å²) >= 11 is 0. The molecule has 2 heterocycles. The molecule has 0 fully saturated rings. The summed E-state index contributed by atoms with van der Waals surface area (Å²) in [6, 6.07) is -0.545. The van der Waals surface area contributed by atoms with Crippen LogP contribution in [-0.2, 0) is 21.9 Å². The number of carbonyl (C=O) groups excluding carboxylic acids is 2. The van der Waals surface area contributed by atoms with Gasteiger partial charge in [0.1, 0.15) is 0 Å². The molecule has 0 radical (unpaired) electrons. The van der Waals surface area contributed by atoms with Crippen molar-refractivity contribution in [3.63, 3.8) is 0 Å². The number of nitrogens with one attached hydrogen (secondary N) is 1. The Bertz CT molecular complexity index is 1360. The number of halogens is 6. The third-order valence-corrected chi connectivity index (χ3v) is 6.07. The first-order valence-corrected chi connectivity index (χ1v) is 10.8. The summed E-state index contributed by atoms with van der Waals surface area (Å²) in [5.74, 6) is -1.76. The summed E-state index contributed by atoms with van der Waals surface area (Å²) in [5, 5.41) is 10.1. The Morgan fingerprint density at radius 3 is 2.19 bits per heavy atom. The van der Waals surface area contributed by atoms with Crippen LogP contribution in [0.15, 0.2) is 53.1 Å². The zero-order valence-electron chi connectivity index (χ0n) is 19.6. The highest BCUT2D eigenvalue weighted by Gasteiger charge is 2.43. The molecule has 1 aliphatic carbocycles. The SMILES string of the molecule is Cc1nnc(NC(=O)C2=C3CC=CC=C3C(=O)N(C)C2c2cc(C(F)(F)F)cc(C(F)(F)F)c2)nc1C. The lowest BCUT2D eigenvalue weighted by Gasteiger charge is -2.38. The Morgan fingerprint density at radius 2 is 1.62 bits per heavy atom. The summed E-state index contributed by atoms with van der Waals surface area (Å²) < 4.78 is 81.5. The maximum atomic E-state index is 13.6. The fourth-order valence-electron chi connectivity index (χ4n) is 4.15. The molecule has 0 bridgehead atoms. The first-order chi connectivity index (χ1) is 17.2. The van der Waals surface area contributed by atoms with Gasteiger partial charge in [-0.3, -0.25) is 14.9 Å². The fraction of sp³-hybridized carbons (Fsp3) is 0.292. The molecule has 1 aromatic carbocycles. The van der Waals surface area contributed by atoms with Crippen molar-refractivity contribution in [2.45, 2.75) is 38.7 Å². The molecule has 1 aliphatic heterocycles. The van der Waals surface area contributed by atoms with Crippen LogP contribution >= 0.6 is 0 Å². The van der Waals surface area contributed by atoms with Gasteiger partial charge in [0.05, 0.1) is 28.6 Å². The highest BCUT2D eigenvalue weighted by atomic mass is 19.4. The molecule has 2 aliphatic rings. The Balaban J connectivity index is 1.92.